The van der Waals surface area contributed by atoms with Crippen LogP contribution in [0.25, 0.3) is 0 Å². The van der Waals surface area contributed by atoms with E-state index in [2.05, 4.69) is 29.1 Å². The Labute approximate surface area is 170 Å². The topological polar surface area (TPSA) is 84.3 Å². The lowest BCUT2D eigenvalue weighted by atomic mass is 9.63. The van der Waals surface area contributed by atoms with Crippen LogP contribution in [0.2, 0.25) is 0 Å². The van der Waals surface area contributed by atoms with E-state index >= 15 is 0 Å². The Bertz CT molecular complexity index is 1010. The SMILES string of the molecule is CC1=C(C(=O)Nc2cccnc2)[C@@H](c2cccnc2)[C@@H]2C(=O)CC(C)(C)CC2=N1. The first-order chi connectivity index (χ1) is 13.9. The molecule has 3 heterocycles. The highest BCUT2D eigenvalue weighted by molar-refractivity contribution is 6.14. The van der Waals surface area contributed by atoms with E-state index in [1.54, 1.807) is 36.9 Å². The Kier molecular flexibility index (Phi) is 4.86. The quantitative estimate of drug-likeness (QED) is 0.863. The number of aromatic nitrogens is 2. The van der Waals surface area contributed by atoms with Gasteiger partial charge in [0.15, 0.2) is 0 Å². The Morgan fingerprint density at radius 1 is 1.07 bits per heavy atom. The summed E-state index contributed by atoms with van der Waals surface area (Å²) in [7, 11) is 0. The number of nitrogens with one attached hydrogen (secondary N) is 1. The largest absolute Gasteiger partial charge is 0.321 e. The number of carbonyl (C=O) groups excluding carboxylic acids is 2. The predicted octanol–water partition coefficient (Wildman–Crippen LogP) is 3.93. The number of anilines is 1. The molecule has 29 heavy (non-hydrogen) atoms. The summed E-state index contributed by atoms with van der Waals surface area (Å²) in [6.45, 7) is 6.02. The molecule has 148 valence electrons. The first kappa shape index (κ1) is 19.2. The molecule has 2 aromatic heterocycles. The molecule has 1 saturated carbocycles. The molecule has 4 rings (SSSR count). The van der Waals surface area contributed by atoms with Crippen molar-refractivity contribution in [3.63, 3.8) is 0 Å². The van der Waals surface area contributed by atoms with Gasteiger partial charge in [-0.1, -0.05) is 19.9 Å². The summed E-state index contributed by atoms with van der Waals surface area (Å²) in [4.78, 5) is 39.5. The Balaban J connectivity index is 1.81. The van der Waals surface area contributed by atoms with Crippen LogP contribution >= 0.6 is 0 Å². The summed E-state index contributed by atoms with van der Waals surface area (Å²) in [5.41, 5.74) is 3.38. The van der Waals surface area contributed by atoms with E-state index in [4.69, 9.17) is 4.99 Å². The first-order valence-corrected chi connectivity index (χ1v) is 9.78. The van der Waals surface area contributed by atoms with Gasteiger partial charge in [0.1, 0.15) is 5.78 Å². The van der Waals surface area contributed by atoms with Crippen molar-refractivity contribution in [2.75, 3.05) is 5.32 Å². The first-order valence-electron chi connectivity index (χ1n) is 9.78. The second kappa shape index (κ2) is 7.35. The van der Waals surface area contributed by atoms with E-state index in [9.17, 15) is 9.59 Å². The van der Waals surface area contributed by atoms with Crippen LogP contribution in [0.15, 0.2) is 65.3 Å². The molecule has 1 amide bonds. The monoisotopic (exact) mass is 388 g/mol. The molecule has 0 unspecified atom stereocenters. The van der Waals surface area contributed by atoms with Gasteiger partial charge in [0.05, 0.1) is 17.8 Å². The summed E-state index contributed by atoms with van der Waals surface area (Å²) in [5, 5.41) is 2.91. The van der Waals surface area contributed by atoms with Crippen molar-refractivity contribution in [1.29, 1.82) is 0 Å². The van der Waals surface area contributed by atoms with E-state index in [0.29, 0.717) is 23.4 Å². The van der Waals surface area contributed by atoms with Crippen molar-refractivity contribution in [2.24, 2.45) is 16.3 Å². The number of aliphatic imine (C=N–C) groups is 1. The van der Waals surface area contributed by atoms with Gasteiger partial charge >= 0.3 is 0 Å². The Morgan fingerprint density at radius 3 is 2.45 bits per heavy atom. The molecule has 0 spiro atoms. The molecular formula is C23H24N4O2. The van der Waals surface area contributed by atoms with Crippen LogP contribution in [0.5, 0.6) is 0 Å². The van der Waals surface area contributed by atoms with Crippen LogP contribution in [0, 0.1) is 11.3 Å². The minimum atomic E-state index is -0.425. The number of allylic oxidation sites excluding steroid dienone is 1. The molecule has 2 aliphatic rings. The Morgan fingerprint density at radius 2 is 1.79 bits per heavy atom. The lowest BCUT2D eigenvalue weighted by Gasteiger charge is -2.41. The molecule has 0 radical (unpaired) electrons. The molecule has 0 aromatic carbocycles. The molecule has 1 aliphatic carbocycles. The van der Waals surface area contributed by atoms with Crippen molar-refractivity contribution in [2.45, 2.75) is 39.5 Å². The van der Waals surface area contributed by atoms with Crippen molar-refractivity contribution < 1.29 is 9.59 Å². The van der Waals surface area contributed by atoms with E-state index in [1.807, 2.05) is 19.1 Å². The lowest BCUT2D eigenvalue weighted by molar-refractivity contribution is -0.124. The van der Waals surface area contributed by atoms with Crippen LogP contribution in [0.1, 0.15) is 45.1 Å². The van der Waals surface area contributed by atoms with Gasteiger partial charge in [0, 0.05) is 47.9 Å². The smallest absolute Gasteiger partial charge is 0.254 e. The van der Waals surface area contributed by atoms with Gasteiger partial charge in [-0.05, 0) is 42.5 Å². The zero-order chi connectivity index (χ0) is 20.6. The van der Waals surface area contributed by atoms with Crippen molar-refractivity contribution in [3.05, 3.63) is 65.9 Å². The van der Waals surface area contributed by atoms with Crippen molar-refractivity contribution in [3.8, 4) is 0 Å². The van der Waals surface area contributed by atoms with Gasteiger partial charge in [-0.2, -0.15) is 0 Å². The number of amides is 1. The standard InChI is InChI=1S/C23H24N4O2/c1-14-19(22(29)27-16-7-5-9-25-13-16)20(15-6-4-8-24-12-15)21-17(26-14)10-23(2,3)11-18(21)28/h4-9,12-13,20-21H,10-11H2,1-3H3,(H,27,29)/t20-,21+/m1/s1. The molecule has 0 saturated heterocycles. The second-order valence-corrected chi connectivity index (χ2v) is 8.52. The zero-order valence-corrected chi connectivity index (χ0v) is 16.8. The van der Waals surface area contributed by atoms with E-state index in [-0.39, 0.29) is 17.1 Å². The summed E-state index contributed by atoms with van der Waals surface area (Å²) in [6, 6.07) is 7.31. The fourth-order valence-electron chi connectivity index (χ4n) is 4.44. The summed E-state index contributed by atoms with van der Waals surface area (Å²) >= 11 is 0. The summed E-state index contributed by atoms with van der Waals surface area (Å²) in [6.07, 6.45) is 7.90. The second-order valence-electron chi connectivity index (χ2n) is 8.52. The summed E-state index contributed by atoms with van der Waals surface area (Å²) < 4.78 is 0. The molecular weight excluding hydrogens is 364 g/mol. The number of pyridine rings is 2. The number of Topliss-reactive ketones (excluding diaryl/α,β-unsaturated/α-hetero) is 1. The minimum Gasteiger partial charge on any atom is -0.321 e. The van der Waals surface area contributed by atoms with Gasteiger partial charge < -0.3 is 5.32 Å². The normalized spacial score (nSPS) is 23.3. The highest BCUT2D eigenvalue weighted by atomic mass is 16.2. The third kappa shape index (κ3) is 3.75. The van der Waals surface area contributed by atoms with E-state index in [1.165, 1.54) is 0 Å². The predicted molar refractivity (Wildman–Crippen MR) is 111 cm³/mol. The third-order valence-corrected chi connectivity index (χ3v) is 5.57. The number of rotatable bonds is 3. The fraction of sp³-hybridized carbons (Fsp3) is 0.348. The molecule has 0 bridgehead atoms. The van der Waals surface area contributed by atoms with Crippen LogP contribution in [-0.4, -0.2) is 27.4 Å². The molecule has 6 nitrogen and oxygen atoms in total. The van der Waals surface area contributed by atoms with Crippen LogP contribution in [0.4, 0.5) is 5.69 Å². The average molecular weight is 388 g/mol. The molecule has 1 fully saturated rings. The number of hydrogen-bond donors (Lipinski definition) is 1. The van der Waals surface area contributed by atoms with Crippen LogP contribution in [0.3, 0.4) is 0 Å². The summed E-state index contributed by atoms with van der Waals surface area (Å²) in [5.74, 6) is -0.945. The highest BCUT2D eigenvalue weighted by Crippen LogP contribution is 2.46. The van der Waals surface area contributed by atoms with Gasteiger partial charge in [0.2, 0.25) is 0 Å². The van der Waals surface area contributed by atoms with Crippen LogP contribution < -0.4 is 5.32 Å². The van der Waals surface area contributed by atoms with Gasteiger partial charge in [0.25, 0.3) is 5.91 Å². The van der Waals surface area contributed by atoms with Gasteiger partial charge in [-0.3, -0.25) is 24.5 Å². The zero-order valence-electron chi connectivity index (χ0n) is 16.8. The molecule has 2 atom stereocenters. The number of ketones is 1. The third-order valence-electron chi connectivity index (χ3n) is 5.57. The van der Waals surface area contributed by atoms with Crippen molar-refractivity contribution >= 4 is 23.1 Å². The number of nitrogens with zero attached hydrogens (tertiary/aromatic N) is 3. The maximum Gasteiger partial charge on any atom is 0.254 e. The van der Waals surface area contributed by atoms with Crippen molar-refractivity contribution in [1.82, 2.24) is 9.97 Å². The highest BCUT2D eigenvalue weighted by Gasteiger charge is 2.47. The number of fused-ring (bicyclic) bond motifs is 1. The average Bonchev–Trinajstić information content (AvgIpc) is 2.67. The lowest BCUT2D eigenvalue weighted by Crippen LogP contribution is -2.44. The maximum absolute atomic E-state index is 13.3. The minimum absolute atomic E-state index is 0.123. The molecule has 6 heteroatoms. The molecule has 1 N–H and O–H groups in total. The van der Waals surface area contributed by atoms with Crippen LogP contribution in [-0.2, 0) is 9.59 Å². The Hall–Kier alpha value is -3.15. The van der Waals surface area contributed by atoms with Gasteiger partial charge in [-0.25, -0.2) is 0 Å². The van der Waals surface area contributed by atoms with E-state index < -0.39 is 11.8 Å². The maximum atomic E-state index is 13.3. The molecule has 2 aromatic rings. The number of hydrogen-bond acceptors (Lipinski definition) is 5. The number of carbonyl (C=O) groups is 2. The van der Waals surface area contributed by atoms with E-state index in [0.717, 1.165) is 17.7 Å². The van der Waals surface area contributed by atoms with Gasteiger partial charge in [-0.15, -0.1) is 0 Å². The molecule has 1 aliphatic heterocycles. The fourth-order valence-corrected chi connectivity index (χ4v) is 4.44.